The van der Waals surface area contributed by atoms with E-state index in [9.17, 15) is 4.79 Å². The molecule has 3 heteroatoms. The van der Waals surface area contributed by atoms with Gasteiger partial charge in [-0.2, -0.15) is 0 Å². The first-order chi connectivity index (χ1) is 7.40. The van der Waals surface area contributed by atoms with Crippen molar-refractivity contribution in [1.29, 1.82) is 0 Å². The molecule has 0 aliphatic heterocycles. The van der Waals surface area contributed by atoms with Gasteiger partial charge in [-0.25, -0.2) is 4.79 Å². The smallest absolute Gasteiger partial charge is 0.328 e. The van der Waals surface area contributed by atoms with Gasteiger partial charge in [0, 0.05) is 0 Å². The Hall–Kier alpha value is -1.35. The van der Waals surface area contributed by atoms with Crippen LogP contribution in [0, 0.1) is 19.8 Å². The van der Waals surface area contributed by atoms with Gasteiger partial charge in [0.15, 0.2) is 0 Å². The Labute approximate surface area is 96.6 Å². The van der Waals surface area contributed by atoms with Crippen molar-refractivity contribution in [3.63, 3.8) is 0 Å². The average molecular weight is 221 g/mol. The SMILES string of the molecule is Cc1cc(C)cc(OC(=O)[C@H](N)C(C)C)c1. The summed E-state index contributed by atoms with van der Waals surface area (Å²) >= 11 is 0. The zero-order valence-electron chi connectivity index (χ0n) is 10.3. The molecular weight excluding hydrogens is 202 g/mol. The van der Waals surface area contributed by atoms with Crippen molar-refractivity contribution in [2.45, 2.75) is 33.7 Å². The highest BCUT2D eigenvalue weighted by Crippen LogP contribution is 2.17. The first-order valence-corrected chi connectivity index (χ1v) is 5.45. The molecule has 0 fully saturated rings. The summed E-state index contributed by atoms with van der Waals surface area (Å²) in [6.45, 7) is 7.72. The second-order valence-corrected chi connectivity index (χ2v) is 4.51. The van der Waals surface area contributed by atoms with Gasteiger partial charge in [0.1, 0.15) is 11.8 Å². The topological polar surface area (TPSA) is 52.3 Å². The van der Waals surface area contributed by atoms with Crippen LogP contribution >= 0.6 is 0 Å². The van der Waals surface area contributed by atoms with Crippen LogP contribution in [-0.2, 0) is 4.79 Å². The van der Waals surface area contributed by atoms with E-state index in [2.05, 4.69) is 0 Å². The molecule has 0 unspecified atom stereocenters. The second-order valence-electron chi connectivity index (χ2n) is 4.51. The normalized spacial score (nSPS) is 12.6. The minimum Gasteiger partial charge on any atom is -0.425 e. The Morgan fingerprint density at radius 2 is 1.69 bits per heavy atom. The number of rotatable bonds is 3. The van der Waals surface area contributed by atoms with Crippen LogP contribution in [0.2, 0.25) is 0 Å². The number of carbonyl (C=O) groups is 1. The lowest BCUT2D eigenvalue weighted by atomic mass is 10.1. The zero-order valence-corrected chi connectivity index (χ0v) is 10.3. The van der Waals surface area contributed by atoms with E-state index >= 15 is 0 Å². The van der Waals surface area contributed by atoms with Gasteiger partial charge < -0.3 is 10.5 Å². The summed E-state index contributed by atoms with van der Waals surface area (Å²) in [5, 5.41) is 0. The zero-order chi connectivity index (χ0) is 12.3. The van der Waals surface area contributed by atoms with E-state index in [1.807, 2.05) is 45.9 Å². The minimum absolute atomic E-state index is 0.0819. The van der Waals surface area contributed by atoms with E-state index in [-0.39, 0.29) is 11.9 Å². The summed E-state index contributed by atoms with van der Waals surface area (Å²) in [6.07, 6.45) is 0. The van der Waals surface area contributed by atoms with Crippen LogP contribution in [-0.4, -0.2) is 12.0 Å². The van der Waals surface area contributed by atoms with Crippen molar-refractivity contribution >= 4 is 5.97 Å². The molecule has 2 N–H and O–H groups in total. The van der Waals surface area contributed by atoms with Crippen LogP contribution < -0.4 is 10.5 Å². The van der Waals surface area contributed by atoms with Gasteiger partial charge in [-0.1, -0.05) is 19.9 Å². The number of aryl methyl sites for hydroxylation is 2. The highest BCUT2D eigenvalue weighted by Gasteiger charge is 2.19. The van der Waals surface area contributed by atoms with Crippen LogP contribution in [0.3, 0.4) is 0 Å². The predicted octanol–water partition coefficient (Wildman–Crippen LogP) is 2.19. The third kappa shape index (κ3) is 3.35. The van der Waals surface area contributed by atoms with E-state index in [1.165, 1.54) is 0 Å². The van der Waals surface area contributed by atoms with Crippen molar-refractivity contribution in [1.82, 2.24) is 0 Å². The van der Waals surface area contributed by atoms with Crippen LogP contribution in [0.15, 0.2) is 18.2 Å². The maximum absolute atomic E-state index is 11.6. The summed E-state index contributed by atoms with van der Waals surface area (Å²) in [6, 6.07) is 5.12. The van der Waals surface area contributed by atoms with E-state index in [1.54, 1.807) is 0 Å². The number of benzene rings is 1. The van der Waals surface area contributed by atoms with Gasteiger partial charge in [0.2, 0.25) is 0 Å². The number of nitrogens with two attached hydrogens (primary N) is 1. The van der Waals surface area contributed by atoms with Gasteiger partial charge in [0.05, 0.1) is 0 Å². The van der Waals surface area contributed by atoms with Gasteiger partial charge in [-0.3, -0.25) is 0 Å². The van der Waals surface area contributed by atoms with Crippen molar-refractivity contribution in [2.75, 3.05) is 0 Å². The highest BCUT2D eigenvalue weighted by atomic mass is 16.5. The lowest BCUT2D eigenvalue weighted by molar-refractivity contribution is -0.136. The van der Waals surface area contributed by atoms with Crippen LogP contribution in [0.25, 0.3) is 0 Å². The maximum atomic E-state index is 11.6. The van der Waals surface area contributed by atoms with E-state index in [4.69, 9.17) is 10.5 Å². The van der Waals surface area contributed by atoms with Crippen LogP contribution in [0.4, 0.5) is 0 Å². The largest absolute Gasteiger partial charge is 0.425 e. The van der Waals surface area contributed by atoms with Gasteiger partial charge in [-0.05, 0) is 43.0 Å². The molecule has 1 atom stereocenters. The lowest BCUT2D eigenvalue weighted by Gasteiger charge is -2.14. The van der Waals surface area contributed by atoms with Crippen molar-refractivity contribution in [2.24, 2.45) is 11.7 Å². The Kier molecular flexibility index (Phi) is 4.07. The van der Waals surface area contributed by atoms with Gasteiger partial charge in [0.25, 0.3) is 0 Å². The number of esters is 1. The quantitative estimate of drug-likeness (QED) is 0.628. The third-order valence-electron chi connectivity index (χ3n) is 2.40. The molecule has 0 heterocycles. The molecule has 0 aromatic heterocycles. The summed E-state index contributed by atoms with van der Waals surface area (Å²) in [7, 11) is 0. The molecule has 0 amide bonds. The molecule has 0 saturated carbocycles. The van der Waals surface area contributed by atoms with Gasteiger partial charge >= 0.3 is 5.97 Å². The molecule has 0 spiro atoms. The maximum Gasteiger partial charge on any atom is 0.328 e. The summed E-state index contributed by atoms with van der Waals surface area (Å²) in [4.78, 5) is 11.6. The Bertz CT molecular complexity index is 365. The fourth-order valence-electron chi connectivity index (χ4n) is 1.45. The van der Waals surface area contributed by atoms with Crippen LogP contribution in [0.5, 0.6) is 5.75 Å². The molecule has 1 rings (SSSR count). The summed E-state index contributed by atoms with van der Waals surface area (Å²) in [5.74, 6) is 0.275. The average Bonchev–Trinajstić information content (AvgIpc) is 2.14. The second kappa shape index (κ2) is 5.12. The predicted molar refractivity (Wildman–Crippen MR) is 64.4 cm³/mol. The first-order valence-electron chi connectivity index (χ1n) is 5.45. The van der Waals surface area contributed by atoms with E-state index in [0.717, 1.165) is 11.1 Å². The monoisotopic (exact) mass is 221 g/mol. The highest BCUT2D eigenvalue weighted by molar-refractivity contribution is 5.78. The van der Waals surface area contributed by atoms with E-state index in [0.29, 0.717) is 5.75 Å². The van der Waals surface area contributed by atoms with Crippen LogP contribution in [0.1, 0.15) is 25.0 Å². The molecule has 0 aliphatic rings. The van der Waals surface area contributed by atoms with Crippen molar-refractivity contribution in [3.05, 3.63) is 29.3 Å². The number of hydrogen-bond acceptors (Lipinski definition) is 3. The molecule has 1 aromatic carbocycles. The van der Waals surface area contributed by atoms with Crippen molar-refractivity contribution < 1.29 is 9.53 Å². The third-order valence-corrected chi connectivity index (χ3v) is 2.40. The molecule has 0 saturated heterocycles. The van der Waals surface area contributed by atoms with E-state index < -0.39 is 6.04 Å². The number of ether oxygens (including phenoxy) is 1. The molecule has 3 nitrogen and oxygen atoms in total. The van der Waals surface area contributed by atoms with Gasteiger partial charge in [-0.15, -0.1) is 0 Å². The lowest BCUT2D eigenvalue weighted by Crippen LogP contribution is -2.38. The number of carbonyl (C=O) groups excluding carboxylic acids is 1. The standard InChI is InChI=1S/C13H19NO2/c1-8(2)12(14)13(15)16-11-6-9(3)5-10(4)7-11/h5-8,12H,14H2,1-4H3/t12-/m1/s1. The fraction of sp³-hybridized carbons (Fsp3) is 0.462. The molecule has 16 heavy (non-hydrogen) atoms. The Balaban J connectivity index is 2.77. The Morgan fingerprint density at radius 1 is 1.19 bits per heavy atom. The molecule has 1 aromatic rings. The molecular formula is C13H19NO2. The van der Waals surface area contributed by atoms with Crippen molar-refractivity contribution in [3.8, 4) is 5.75 Å². The fourth-order valence-corrected chi connectivity index (χ4v) is 1.45. The molecule has 0 bridgehead atoms. The summed E-state index contributed by atoms with van der Waals surface area (Å²) < 4.78 is 5.24. The first kappa shape index (κ1) is 12.7. The molecule has 88 valence electrons. The summed E-state index contributed by atoms with van der Waals surface area (Å²) in [5.41, 5.74) is 7.85. The number of hydrogen-bond donors (Lipinski definition) is 1. The molecule has 0 aliphatic carbocycles. The Morgan fingerprint density at radius 3 is 2.12 bits per heavy atom. The molecule has 0 radical (unpaired) electrons. The minimum atomic E-state index is -0.569.